The molecule has 3 aromatic rings. The number of anilines is 1. The number of hydrogen-bond acceptors (Lipinski definition) is 5. The van der Waals surface area contributed by atoms with Crippen LogP contribution in [-0.4, -0.2) is 27.8 Å². The topological polar surface area (TPSA) is 81.3 Å². The van der Waals surface area contributed by atoms with Crippen molar-refractivity contribution < 1.29 is 22.7 Å². The number of benzene rings is 1. The first kappa shape index (κ1) is 20.1. The number of nitrogens with zero attached hydrogens (tertiary/aromatic N) is 3. The van der Waals surface area contributed by atoms with E-state index in [1.165, 1.54) is 11.0 Å². The number of halogens is 3. The van der Waals surface area contributed by atoms with E-state index in [2.05, 4.69) is 9.97 Å². The number of fused-ring (bicyclic) bond motifs is 3. The van der Waals surface area contributed by atoms with Gasteiger partial charge in [-0.2, -0.15) is 13.2 Å². The standard InChI is InChI=1S/C21H19F3N4O2/c1-11(17-6-4-13(8-26-17)21(22,23)24)28(2)20(29)12-3-5-18-14(7-12)15-9-30-10-16(15)19(25)27-18/h3-8,11H,9-10H2,1-2H3,(H2,25,27)/t11-/m1/s1. The minimum absolute atomic E-state index is 0.282. The molecule has 1 aliphatic rings. The molecule has 2 N–H and O–H groups in total. The first-order chi connectivity index (χ1) is 14.2. The fourth-order valence-electron chi connectivity index (χ4n) is 3.50. The molecule has 4 rings (SSSR count). The third-order valence-corrected chi connectivity index (χ3v) is 5.42. The molecule has 0 aliphatic carbocycles. The smallest absolute Gasteiger partial charge is 0.383 e. The van der Waals surface area contributed by atoms with Gasteiger partial charge in [-0.1, -0.05) is 0 Å². The van der Waals surface area contributed by atoms with Crippen LogP contribution in [0.4, 0.5) is 19.0 Å². The summed E-state index contributed by atoms with van der Waals surface area (Å²) < 4.78 is 43.7. The van der Waals surface area contributed by atoms with Crippen molar-refractivity contribution in [2.75, 3.05) is 12.8 Å². The third kappa shape index (κ3) is 3.45. The van der Waals surface area contributed by atoms with Gasteiger partial charge in [-0.25, -0.2) is 4.98 Å². The second kappa shape index (κ2) is 7.24. The van der Waals surface area contributed by atoms with E-state index in [1.807, 2.05) is 0 Å². The Morgan fingerprint density at radius 2 is 1.93 bits per heavy atom. The predicted molar refractivity (Wildman–Crippen MR) is 104 cm³/mol. The van der Waals surface area contributed by atoms with Gasteiger partial charge in [0.25, 0.3) is 5.91 Å². The van der Waals surface area contributed by atoms with Gasteiger partial charge in [-0.3, -0.25) is 9.78 Å². The van der Waals surface area contributed by atoms with E-state index < -0.39 is 17.8 Å². The van der Waals surface area contributed by atoms with Crippen molar-refractivity contribution in [1.29, 1.82) is 0 Å². The molecule has 0 fully saturated rings. The molecule has 1 amide bonds. The predicted octanol–water partition coefficient (Wildman–Crippen LogP) is 4.09. The Morgan fingerprint density at radius 3 is 2.60 bits per heavy atom. The van der Waals surface area contributed by atoms with Crippen molar-refractivity contribution >= 4 is 22.6 Å². The Hall–Kier alpha value is -3.20. The second-order valence-electron chi connectivity index (χ2n) is 7.24. The number of carbonyl (C=O) groups excluding carboxylic acids is 1. The number of rotatable bonds is 3. The van der Waals surface area contributed by atoms with Crippen molar-refractivity contribution in [3.63, 3.8) is 0 Å². The number of nitrogen functional groups attached to an aromatic ring is 1. The quantitative estimate of drug-likeness (QED) is 0.695. The molecule has 1 aliphatic heterocycles. The Balaban J connectivity index is 1.62. The van der Waals surface area contributed by atoms with Crippen molar-refractivity contribution in [2.24, 2.45) is 0 Å². The number of amides is 1. The van der Waals surface area contributed by atoms with Gasteiger partial charge in [-0.15, -0.1) is 0 Å². The van der Waals surface area contributed by atoms with Gasteiger partial charge in [0.05, 0.1) is 36.0 Å². The lowest BCUT2D eigenvalue weighted by Crippen LogP contribution is -2.30. The molecule has 0 spiro atoms. The van der Waals surface area contributed by atoms with Gasteiger partial charge < -0.3 is 15.4 Å². The van der Waals surface area contributed by atoms with Gasteiger partial charge in [0.2, 0.25) is 0 Å². The summed E-state index contributed by atoms with van der Waals surface area (Å²) in [5.41, 5.74) is 8.39. The highest BCUT2D eigenvalue weighted by Gasteiger charge is 2.31. The highest BCUT2D eigenvalue weighted by molar-refractivity contribution is 5.99. The van der Waals surface area contributed by atoms with Gasteiger partial charge in [0.1, 0.15) is 5.82 Å². The maximum Gasteiger partial charge on any atom is 0.417 e. The lowest BCUT2D eigenvalue weighted by Gasteiger charge is -2.25. The van der Waals surface area contributed by atoms with Crippen molar-refractivity contribution in [3.05, 3.63) is 64.5 Å². The minimum atomic E-state index is -4.46. The molecule has 0 unspecified atom stereocenters. The van der Waals surface area contributed by atoms with Crippen LogP contribution in [-0.2, 0) is 24.1 Å². The van der Waals surface area contributed by atoms with Crippen molar-refractivity contribution in [3.8, 4) is 0 Å². The van der Waals surface area contributed by atoms with E-state index >= 15 is 0 Å². The zero-order chi connectivity index (χ0) is 21.6. The SMILES string of the molecule is C[C@H](c1ccc(C(F)(F)F)cn1)N(C)C(=O)c1ccc2nc(N)c3c(c2c1)COC3. The van der Waals surface area contributed by atoms with Crippen molar-refractivity contribution in [1.82, 2.24) is 14.9 Å². The number of hydrogen-bond donors (Lipinski definition) is 1. The third-order valence-electron chi connectivity index (χ3n) is 5.42. The normalized spacial score (nSPS) is 14.6. The first-order valence-corrected chi connectivity index (χ1v) is 9.26. The van der Waals surface area contributed by atoms with Gasteiger partial charge >= 0.3 is 6.18 Å². The molecule has 1 atom stereocenters. The van der Waals surface area contributed by atoms with Gasteiger partial charge in [0.15, 0.2) is 0 Å². The molecular weight excluding hydrogens is 397 g/mol. The molecule has 6 nitrogen and oxygen atoms in total. The van der Waals surface area contributed by atoms with Crippen LogP contribution in [0, 0.1) is 0 Å². The van der Waals surface area contributed by atoms with Crippen LogP contribution in [0.3, 0.4) is 0 Å². The summed E-state index contributed by atoms with van der Waals surface area (Å²) >= 11 is 0. The molecule has 0 saturated carbocycles. The monoisotopic (exact) mass is 416 g/mol. The van der Waals surface area contributed by atoms with Crippen LogP contribution in [0.5, 0.6) is 0 Å². The van der Waals surface area contributed by atoms with E-state index in [0.717, 1.165) is 28.8 Å². The summed E-state index contributed by atoms with van der Waals surface area (Å²) in [4.78, 5) is 22.7. The summed E-state index contributed by atoms with van der Waals surface area (Å²) in [7, 11) is 1.59. The van der Waals surface area contributed by atoms with Crippen LogP contribution < -0.4 is 5.73 Å². The van der Waals surface area contributed by atoms with E-state index in [1.54, 1.807) is 32.2 Å². The molecule has 0 bridgehead atoms. The molecule has 3 heterocycles. The molecular formula is C21H19F3N4O2. The van der Waals surface area contributed by atoms with Gasteiger partial charge in [-0.05, 0) is 42.8 Å². The number of nitrogens with two attached hydrogens (primary N) is 1. The van der Waals surface area contributed by atoms with Gasteiger partial charge in [0, 0.05) is 29.8 Å². The number of carbonyl (C=O) groups is 1. The highest BCUT2D eigenvalue weighted by Crippen LogP contribution is 2.32. The van der Waals surface area contributed by atoms with Crippen LogP contribution >= 0.6 is 0 Å². The number of alkyl halides is 3. The molecule has 9 heteroatoms. The lowest BCUT2D eigenvalue weighted by molar-refractivity contribution is -0.137. The zero-order valence-electron chi connectivity index (χ0n) is 16.3. The Morgan fingerprint density at radius 1 is 1.20 bits per heavy atom. The molecule has 1 aromatic carbocycles. The van der Waals surface area contributed by atoms with Crippen LogP contribution in [0.25, 0.3) is 10.9 Å². The van der Waals surface area contributed by atoms with Crippen LogP contribution in [0.2, 0.25) is 0 Å². The summed E-state index contributed by atoms with van der Waals surface area (Å²) in [5.74, 6) is 0.142. The maximum atomic E-state index is 13.0. The van der Waals surface area contributed by atoms with Crippen molar-refractivity contribution in [2.45, 2.75) is 32.4 Å². The maximum absolute atomic E-state index is 13.0. The average molecular weight is 416 g/mol. The summed E-state index contributed by atoms with van der Waals surface area (Å²) in [6.07, 6.45) is -3.68. The summed E-state index contributed by atoms with van der Waals surface area (Å²) in [6.45, 7) is 2.50. The van der Waals surface area contributed by atoms with Crippen LogP contribution in [0.15, 0.2) is 36.5 Å². The zero-order valence-corrected chi connectivity index (χ0v) is 16.3. The fraction of sp³-hybridized carbons (Fsp3) is 0.286. The Labute approximate surface area is 170 Å². The average Bonchev–Trinajstić information content (AvgIpc) is 3.22. The summed E-state index contributed by atoms with van der Waals surface area (Å²) in [5, 5.41) is 0.802. The lowest BCUT2D eigenvalue weighted by atomic mass is 10.0. The Bertz CT molecular complexity index is 1130. The molecule has 0 saturated heterocycles. The van der Waals surface area contributed by atoms with E-state index in [4.69, 9.17) is 10.5 Å². The molecule has 30 heavy (non-hydrogen) atoms. The highest BCUT2D eigenvalue weighted by atomic mass is 19.4. The molecule has 0 radical (unpaired) electrons. The molecule has 2 aromatic heterocycles. The van der Waals surface area contributed by atoms with E-state index in [9.17, 15) is 18.0 Å². The second-order valence-corrected chi connectivity index (χ2v) is 7.24. The molecule has 156 valence electrons. The Kier molecular flexibility index (Phi) is 4.85. The first-order valence-electron chi connectivity index (χ1n) is 9.26. The number of pyridine rings is 2. The van der Waals surface area contributed by atoms with E-state index in [-0.39, 0.29) is 5.91 Å². The number of ether oxygens (including phenoxy) is 1. The fourth-order valence-corrected chi connectivity index (χ4v) is 3.50. The minimum Gasteiger partial charge on any atom is -0.383 e. The van der Waals surface area contributed by atoms with E-state index in [0.29, 0.717) is 35.8 Å². The van der Waals surface area contributed by atoms with Crippen LogP contribution in [0.1, 0.15) is 45.7 Å². The summed E-state index contributed by atoms with van der Waals surface area (Å²) in [6, 6.07) is 6.87. The number of aromatic nitrogens is 2. The largest absolute Gasteiger partial charge is 0.417 e.